The minimum Gasteiger partial charge on any atom is -0.398 e. The lowest BCUT2D eigenvalue weighted by Crippen LogP contribution is -2.14. The Bertz CT molecular complexity index is 697. The quantitative estimate of drug-likeness (QED) is 0.848. The Morgan fingerprint density at radius 1 is 1.11 bits per heavy atom. The lowest BCUT2D eigenvalue weighted by atomic mass is 10.2. The first-order valence-electron chi connectivity index (χ1n) is 5.53. The maximum atomic E-state index is 12.9. The molecule has 0 saturated heterocycles. The standard InChI is InChI=1S/C13H13FN2O2S/c1-9-2-5-11(6-3-9)16-19(17,18)13-7-4-10(14)8-12(13)15/h2-8,16H,15H2,1H3. The van der Waals surface area contributed by atoms with E-state index in [0.29, 0.717) is 5.69 Å². The van der Waals surface area contributed by atoms with Crippen molar-refractivity contribution < 1.29 is 12.8 Å². The molecule has 0 heterocycles. The van der Waals surface area contributed by atoms with E-state index in [9.17, 15) is 12.8 Å². The second-order valence-electron chi connectivity index (χ2n) is 4.15. The van der Waals surface area contributed by atoms with Crippen LogP contribution in [0.15, 0.2) is 47.4 Å². The van der Waals surface area contributed by atoms with Crippen molar-refractivity contribution in [2.24, 2.45) is 0 Å². The molecule has 0 spiro atoms. The summed E-state index contributed by atoms with van der Waals surface area (Å²) < 4.78 is 39.5. The summed E-state index contributed by atoms with van der Waals surface area (Å²) in [5, 5.41) is 0. The van der Waals surface area contributed by atoms with Gasteiger partial charge in [-0.15, -0.1) is 0 Å². The molecular formula is C13H13FN2O2S. The third-order valence-corrected chi connectivity index (χ3v) is 4.02. The van der Waals surface area contributed by atoms with Crippen LogP contribution >= 0.6 is 0 Å². The molecule has 0 fully saturated rings. The summed E-state index contributed by atoms with van der Waals surface area (Å²) in [6.45, 7) is 1.90. The maximum Gasteiger partial charge on any atom is 0.263 e. The largest absolute Gasteiger partial charge is 0.398 e. The average Bonchev–Trinajstić information content (AvgIpc) is 2.31. The van der Waals surface area contributed by atoms with E-state index >= 15 is 0 Å². The molecule has 0 aliphatic carbocycles. The van der Waals surface area contributed by atoms with Crippen LogP contribution in [-0.4, -0.2) is 8.42 Å². The number of nitrogens with two attached hydrogens (primary N) is 1. The molecule has 0 aliphatic rings. The van der Waals surface area contributed by atoms with Gasteiger partial charge < -0.3 is 5.73 Å². The molecule has 0 aromatic heterocycles. The zero-order valence-electron chi connectivity index (χ0n) is 10.2. The molecule has 100 valence electrons. The predicted octanol–water partition coefficient (Wildman–Crippen LogP) is 2.52. The van der Waals surface area contributed by atoms with Crippen molar-refractivity contribution in [2.45, 2.75) is 11.8 Å². The van der Waals surface area contributed by atoms with Crippen LogP contribution in [0, 0.1) is 12.7 Å². The SMILES string of the molecule is Cc1ccc(NS(=O)(=O)c2ccc(F)cc2N)cc1. The molecular weight excluding hydrogens is 267 g/mol. The molecule has 3 N–H and O–H groups in total. The van der Waals surface area contributed by atoms with E-state index in [-0.39, 0.29) is 10.6 Å². The van der Waals surface area contributed by atoms with Crippen molar-refractivity contribution in [1.82, 2.24) is 0 Å². The minimum absolute atomic E-state index is 0.125. The van der Waals surface area contributed by atoms with E-state index in [1.807, 2.05) is 6.92 Å². The molecule has 0 aliphatic heterocycles. The van der Waals surface area contributed by atoms with Gasteiger partial charge in [0.25, 0.3) is 10.0 Å². The Labute approximate surface area is 111 Å². The molecule has 0 bridgehead atoms. The van der Waals surface area contributed by atoms with Gasteiger partial charge in [0.15, 0.2) is 0 Å². The summed E-state index contributed by atoms with van der Waals surface area (Å²) in [5.74, 6) is -0.577. The fourth-order valence-corrected chi connectivity index (χ4v) is 2.77. The average molecular weight is 280 g/mol. The molecule has 2 aromatic rings. The van der Waals surface area contributed by atoms with Gasteiger partial charge in [-0.05, 0) is 37.3 Å². The number of hydrogen-bond acceptors (Lipinski definition) is 3. The van der Waals surface area contributed by atoms with Crippen molar-refractivity contribution in [3.63, 3.8) is 0 Å². The highest BCUT2D eigenvalue weighted by atomic mass is 32.2. The molecule has 4 nitrogen and oxygen atoms in total. The third-order valence-electron chi connectivity index (χ3n) is 2.57. The first-order chi connectivity index (χ1) is 8.88. The number of aryl methyl sites for hydroxylation is 1. The number of hydrogen-bond donors (Lipinski definition) is 2. The van der Waals surface area contributed by atoms with E-state index < -0.39 is 15.8 Å². The molecule has 6 heteroatoms. The van der Waals surface area contributed by atoms with Crippen molar-refractivity contribution >= 4 is 21.4 Å². The van der Waals surface area contributed by atoms with Gasteiger partial charge in [0.1, 0.15) is 10.7 Å². The molecule has 2 aromatic carbocycles. The highest BCUT2D eigenvalue weighted by Gasteiger charge is 2.17. The second-order valence-corrected chi connectivity index (χ2v) is 5.80. The van der Waals surface area contributed by atoms with Crippen molar-refractivity contribution in [3.8, 4) is 0 Å². The summed E-state index contributed by atoms with van der Waals surface area (Å²) in [5.41, 5.74) is 6.84. The molecule has 0 saturated carbocycles. The monoisotopic (exact) mass is 280 g/mol. The Balaban J connectivity index is 2.35. The first kappa shape index (κ1) is 13.4. The number of sulfonamides is 1. The highest BCUT2D eigenvalue weighted by Crippen LogP contribution is 2.22. The van der Waals surface area contributed by atoms with Crippen LogP contribution in [0.25, 0.3) is 0 Å². The van der Waals surface area contributed by atoms with Crippen molar-refractivity contribution in [1.29, 1.82) is 0 Å². The number of halogens is 1. The number of rotatable bonds is 3. The predicted molar refractivity (Wildman–Crippen MR) is 72.8 cm³/mol. The summed E-state index contributed by atoms with van der Waals surface area (Å²) in [7, 11) is -3.82. The maximum absolute atomic E-state index is 12.9. The Morgan fingerprint density at radius 2 is 1.74 bits per heavy atom. The van der Waals surface area contributed by atoms with Crippen LogP contribution in [0.5, 0.6) is 0 Å². The summed E-state index contributed by atoms with van der Waals surface area (Å²) in [4.78, 5) is -0.144. The third kappa shape index (κ3) is 3.03. The molecule has 19 heavy (non-hydrogen) atoms. The van der Waals surface area contributed by atoms with E-state index in [1.54, 1.807) is 24.3 Å². The smallest absolute Gasteiger partial charge is 0.263 e. The highest BCUT2D eigenvalue weighted by molar-refractivity contribution is 7.92. The fourth-order valence-electron chi connectivity index (χ4n) is 1.60. The van der Waals surface area contributed by atoms with Gasteiger partial charge in [-0.25, -0.2) is 12.8 Å². The zero-order valence-corrected chi connectivity index (χ0v) is 11.0. The lowest BCUT2D eigenvalue weighted by molar-refractivity contribution is 0.600. The topological polar surface area (TPSA) is 72.2 Å². The first-order valence-corrected chi connectivity index (χ1v) is 7.01. The Kier molecular flexibility index (Phi) is 3.44. The van der Waals surface area contributed by atoms with Crippen LogP contribution < -0.4 is 10.5 Å². The normalized spacial score (nSPS) is 11.3. The Hall–Kier alpha value is -2.08. The van der Waals surface area contributed by atoms with Crippen LogP contribution in [-0.2, 0) is 10.0 Å². The van der Waals surface area contributed by atoms with E-state index in [0.717, 1.165) is 23.8 Å². The fraction of sp³-hybridized carbons (Fsp3) is 0.0769. The van der Waals surface area contributed by atoms with Gasteiger partial charge in [-0.3, -0.25) is 4.72 Å². The molecule has 0 amide bonds. The van der Waals surface area contributed by atoms with Crippen LogP contribution in [0.4, 0.5) is 15.8 Å². The molecule has 0 unspecified atom stereocenters. The summed E-state index contributed by atoms with van der Waals surface area (Å²) in [6, 6.07) is 10.0. The van der Waals surface area contributed by atoms with E-state index in [4.69, 9.17) is 5.73 Å². The van der Waals surface area contributed by atoms with E-state index in [1.165, 1.54) is 0 Å². The number of anilines is 2. The zero-order chi connectivity index (χ0) is 14.0. The van der Waals surface area contributed by atoms with Crippen LogP contribution in [0.1, 0.15) is 5.56 Å². The number of benzene rings is 2. The van der Waals surface area contributed by atoms with Gasteiger partial charge >= 0.3 is 0 Å². The van der Waals surface area contributed by atoms with Gasteiger partial charge in [-0.2, -0.15) is 0 Å². The van der Waals surface area contributed by atoms with Crippen LogP contribution in [0.2, 0.25) is 0 Å². The Morgan fingerprint density at radius 3 is 2.32 bits per heavy atom. The van der Waals surface area contributed by atoms with Gasteiger partial charge in [0, 0.05) is 5.69 Å². The lowest BCUT2D eigenvalue weighted by Gasteiger charge is -2.10. The molecule has 0 radical (unpaired) electrons. The van der Waals surface area contributed by atoms with Crippen LogP contribution in [0.3, 0.4) is 0 Å². The van der Waals surface area contributed by atoms with Crippen molar-refractivity contribution in [2.75, 3.05) is 10.5 Å². The summed E-state index contributed by atoms with van der Waals surface area (Å²) in [6.07, 6.45) is 0. The second kappa shape index (κ2) is 4.89. The van der Waals surface area contributed by atoms with Gasteiger partial charge in [0.2, 0.25) is 0 Å². The van der Waals surface area contributed by atoms with E-state index in [2.05, 4.69) is 4.72 Å². The number of nitrogens with one attached hydrogen (secondary N) is 1. The minimum atomic E-state index is -3.82. The molecule has 2 rings (SSSR count). The van der Waals surface area contributed by atoms with Crippen molar-refractivity contribution in [3.05, 3.63) is 53.8 Å². The van der Waals surface area contributed by atoms with Gasteiger partial charge in [0.05, 0.1) is 5.69 Å². The summed E-state index contributed by atoms with van der Waals surface area (Å²) >= 11 is 0. The number of nitrogen functional groups attached to an aromatic ring is 1. The van der Waals surface area contributed by atoms with Gasteiger partial charge in [-0.1, -0.05) is 17.7 Å². The molecule has 0 atom stereocenters.